The van der Waals surface area contributed by atoms with E-state index in [-0.39, 0.29) is 42.9 Å². The van der Waals surface area contributed by atoms with Crippen LogP contribution in [0.1, 0.15) is 90.3 Å². The summed E-state index contributed by atoms with van der Waals surface area (Å²) in [5.74, 6) is -6.40. The Morgan fingerprint density at radius 3 is 1.63 bits per heavy atom. The molecule has 1 saturated carbocycles. The third-order valence-electron chi connectivity index (χ3n) is 11.8. The number of thioether (sulfide) groups is 1. The van der Waals surface area contributed by atoms with Crippen LogP contribution in [0.25, 0.3) is 0 Å². The van der Waals surface area contributed by atoms with Crippen molar-refractivity contribution in [3.63, 3.8) is 0 Å². The molecule has 0 spiro atoms. The molecular formula is C54H68N6O12S. The second-order valence-electron chi connectivity index (χ2n) is 20.0. The second kappa shape index (κ2) is 26.2. The Labute approximate surface area is 430 Å². The maximum Gasteiger partial charge on any atom is 0.323 e. The van der Waals surface area contributed by atoms with Crippen LogP contribution in [0.2, 0.25) is 0 Å². The molecule has 392 valence electrons. The Hall–Kier alpha value is -6.86. The molecule has 19 heteroatoms. The Bertz CT molecular complexity index is 2360. The molecule has 0 radical (unpaired) electrons. The monoisotopic (exact) mass is 1020 g/mol. The van der Waals surface area contributed by atoms with Crippen molar-refractivity contribution in [1.82, 2.24) is 26.6 Å². The molecular weight excluding hydrogens is 957 g/mol. The van der Waals surface area contributed by atoms with Gasteiger partial charge in [0.15, 0.2) is 12.4 Å². The third kappa shape index (κ3) is 17.7. The zero-order valence-electron chi connectivity index (χ0n) is 42.2. The zero-order valence-corrected chi connectivity index (χ0v) is 43.1. The Morgan fingerprint density at radius 1 is 0.630 bits per heavy atom. The van der Waals surface area contributed by atoms with Crippen LogP contribution in [0.5, 0.6) is 0 Å². The van der Waals surface area contributed by atoms with Crippen LogP contribution in [0.15, 0.2) is 103 Å². The SMILES string of the molecule is CC(C)(C)OC(=O)CC[C@H](NC(=O)CNC(=O)CNC(=O)CNC(=O)C1CC2C=CC1C2)C(=O)N[C@@H](CSC(c1ccccc1)(c1ccccc1)c1ccccc1)C(=O)COC(=O)[C@@H](N)CC(=O)OC(C)(C)C. The Morgan fingerprint density at radius 2 is 1.14 bits per heavy atom. The van der Waals surface area contributed by atoms with E-state index in [4.69, 9.17) is 19.9 Å². The average Bonchev–Trinajstić information content (AvgIpc) is 3.99. The van der Waals surface area contributed by atoms with E-state index in [1.807, 2.05) is 97.1 Å². The van der Waals surface area contributed by atoms with Crippen molar-refractivity contribution >= 4 is 65.0 Å². The summed E-state index contributed by atoms with van der Waals surface area (Å²) < 4.78 is 15.1. The van der Waals surface area contributed by atoms with Crippen LogP contribution < -0.4 is 32.3 Å². The number of amides is 5. The first kappa shape index (κ1) is 57.0. The van der Waals surface area contributed by atoms with E-state index in [9.17, 15) is 43.2 Å². The lowest BCUT2D eigenvalue weighted by Crippen LogP contribution is -2.55. The van der Waals surface area contributed by atoms with Crippen molar-refractivity contribution in [2.45, 2.75) is 108 Å². The molecule has 0 heterocycles. The first-order valence-electron chi connectivity index (χ1n) is 24.3. The quantitative estimate of drug-likeness (QED) is 0.0307. The number of carbonyl (C=O) groups excluding carboxylic acids is 9. The van der Waals surface area contributed by atoms with Gasteiger partial charge < -0.3 is 46.5 Å². The van der Waals surface area contributed by atoms with Crippen molar-refractivity contribution in [3.8, 4) is 0 Å². The van der Waals surface area contributed by atoms with Crippen LogP contribution in [-0.2, 0) is 62.1 Å². The van der Waals surface area contributed by atoms with Crippen LogP contribution in [-0.4, -0.2) is 115 Å². The van der Waals surface area contributed by atoms with Crippen LogP contribution >= 0.6 is 11.8 Å². The minimum absolute atomic E-state index is 0.137. The highest BCUT2D eigenvalue weighted by molar-refractivity contribution is 8.00. The number of esters is 3. The highest BCUT2D eigenvalue weighted by atomic mass is 32.2. The highest BCUT2D eigenvalue weighted by Crippen LogP contribution is 2.49. The van der Waals surface area contributed by atoms with Crippen molar-refractivity contribution in [2.24, 2.45) is 23.5 Å². The van der Waals surface area contributed by atoms with Crippen molar-refractivity contribution in [1.29, 1.82) is 0 Å². The van der Waals surface area contributed by atoms with Gasteiger partial charge in [0.25, 0.3) is 0 Å². The molecule has 3 aromatic rings. The number of carbonyl (C=O) groups is 9. The number of nitrogens with one attached hydrogen (secondary N) is 5. The summed E-state index contributed by atoms with van der Waals surface area (Å²) in [5, 5.41) is 12.7. The van der Waals surface area contributed by atoms with E-state index in [0.717, 1.165) is 29.5 Å². The number of hydrogen-bond donors (Lipinski definition) is 6. The lowest BCUT2D eigenvalue weighted by Gasteiger charge is -2.36. The van der Waals surface area contributed by atoms with Gasteiger partial charge >= 0.3 is 17.9 Å². The maximum absolute atomic E-state index is 14.5. The predicted octanol–water partition coefficient (Wildman–Crippen LogP) is 3.54. The number of ether oxygens (including phenoxy) is 3. The van der Waals surface area contributed by atoms with Gasteiger partial charge in [-0.15, -0.1) is 11.8 Å². The van der Waals surface area contributed by atoms with E-state index in [1.165, 1.54) is 11.8 Å². The third-order valence-corrected chi connectivity index (χ3v) is 13.5. The van der Waals surface area contributed by atoms with Gasteiger partial charge in [-0.3, -0.25) is 43.2 Å². The van der Waals surface area contributed by atoms with E-state index >= 15 is 0 Å². The lowest BCUT2D eigenvalue weighted by molar-refractivity contribution is -0.159. The Balaban J connectivity index is 1.33. The van der Waals surface area contributed by atoms with E-state index in [2.05, 4.69) is 32.7 Å². The van der Waals surface area contributed by atoms with Crippen molar-refractivity contribution in [3.05, 3.63) is 120 Å². The number of allylic oxidation sites excluding steroid dienone is 2. The number of hydrogen-bond acceptors (Lipinski definition) is 14. The van der Waals surface area contributed by atoms with Gasteiger partial charge in [-0.2, -0.15) is 0 Å². The summed E-state index contributed by atoms with van der Waals surface area (Å²) in [4.78, 5) is 119. The fraction of sp³-hybridized carbons (Fsp3) is 0.463. The average molecular weight is 1030 g/mol. The minimum atomic E-state index is -1.47. The molecule has 3 aromatic carbocycles. The fourth-order valence-corrected chi connectivity index (χ4v) is 10.1. The van der Waals surface area contributed by atoms with Gasteiger partial charge in [0, 0.05) is 18.1 Å². The van der Waals surface area contributed by atoms with E-state index < -0.39 is 108 Å². The van der Waals surface area contributed by atoms with Gasteiger partial charge in [-0.25, -0.2) is 0 Å². The number of ketones is 1. The number of nitrogens with two attached hydrogens (primary N) is 1. The number of rotatable bonds is 25. The number of benzene rings is 3. The van der Waals surface area contributed by atoms with Gasteiger partial charge in [0.1, 0.15) is 29.3 Å². The predicted molar refractivity (Wildman–Crippen MR) is 273 cm³/mol. The molecule has 0 aliphatic heterocycles. The summed E-state index contributed by atoms with van der Waals surface area (Å²) >= 11 is 1.32. The molecule has 1 fully saturated rings. The number of Topliss-reactive ketones (excluding diaryl/α,β-unsaturated/α-hetero) is 1. The highest BCUT2D eigenvalue weighted by Gasteiger charge is 2.41. The summed E-state index contributed by atoms with van der Waals surface area (Å²) in [6.45, 7) is 7.59. The molecule has 2 bridgehead atoms. The van der Waals surface area contributed by atoms with E-state index in [0.29, 0.717) is 5.92 Å². The molecule has 18 nitrogen and oxygen atoms in total. The smallest absolute Gasteiger partial charge is 0.323 e. The molecule has 5 amide bonds. The maximum atomic E-state index is 14.5. The van der Waals surface area contributed by atoms with Crippen molar-refractivity contribution in [2.75, 3.05) is 32.0 Å². The van der Waals surface area contributed by atoms with Crippen LogP contribution in [0, 0.1) is 17.8 Å². The molecule has 7 N–H and O–H groups in total. The van der Waals surface area contributed by atoms with Gasteiger partial charge in [0.2, 0.25) is 29.5 Å². The second-order valence-corrected chi connectivity index (χ2v) is 21.3. The summed E-state index contributed by atoms with van der Waals surface area (Å²) in [7, 11) is 0. The first-order valence-corrected chi connectivity index (χ1v) is 25.3. The minimum Gasteiger partial charge on any atom is -0.460 e. The van der Waals surface area contributed by atoms with Crippen LogP contribution in [0.4, 0.5) is 0 Å². The summed E-state index contributed by atoms with van der Waals surface area (Å²) in [5.41, 5.74) is 6.80. The summed E-state index contributed by atoms with van der Waals surface area (Å²) in [6, 6.07) is 24.3. The topological polar surface area (TPSA) is 267 Å². The molecule has 2 aliphatic carbocycles. The fourth-order valence-electron chi connectivity index (χ4n) is 8.49. The normalized spacial score (nSPS) is 17.2. The molecule has 3 unspecified atom stereocenters. The van der Waals surface area contributed by atoms with Crippen LogP contribution in [0.3, 0.4) is 0 Å². The Kier molecular flexibility index (Phi) is 20.5. The molecule has 2 aliphatic rings. The summed E-state index contributed by atoms with van der Waals surface area (Å²) in [6.07, 6.45) is 4.61. The zero-order chi connectivity index (χ0) is 53.3. The number of fused-ring (bicyclic) bond motifs is 2. The van der Waals surface area contributed by atoms with Crippen molar-refractivity contribution < 1.29 is 57.4 Å². The molecule has 0 aromatic heterocycles. The largest absolute Gasteiger partial charge is 0.460 e. The van der Waals surface area contributed by atoms with E-state index in [1.54, 1.807) is 41.5 Å². The molecule has 0 saturated heterocycles. The molecule has 73 heavy (non-hydrogen) atoms. The van der Waals surface area contributed by atoms with Gasteiger partial charge in [-0.05, 0) is 89.3 Å². The van der Waals surface area contributed by atoms with Gasteiger partial charge in [-0.1, -0.05) is 103 Å². The standard InChI is InChI=1S/C54H68N6O12S/c1-52(2,3)71-47(65)25-24-41(59-46(64)31-57-44(62)29-56-45(63)30-58-49(67)39-27-34-22-23-35(39)26-34)50(68)60-42(43(61)32-70-51(69)40(55)28-48(66)72-53(4,5)6)33-73-54(36-16-10-7-11-17-36,37-18-12-8-13-19-37)38-20-14-9-15-21-38/h7-23,34-35,39-42H,24-33,55H2,1-6H3,(H,56,63)(H,57,62)(H,58,67)(H,59,64)(H,60,68)/t34?,35?,39?,40-,41-,42-/m0/s1. The first-order chi connectivity index (χ1) is 34.5. The lowest BCUT2D eigenvalue weighted by atomic mass is 9.84. The molecule has 5 rings (SSSR count). The molecule has 6 atom stereocenters. The van der Waals surface area contributed by atoms with Gasteiger partial charge in [0.05, 0.1) is 30.8 Å².